The zero-order chi connectivity index (χ0) is 11.5. The lowest BCUT2D eigenvalue weighted by atomic mass is 10.1. The van der Waals surface area contributed by atoms with Crippen molar-refractivity contribution in [1.82, 2.24) is 0 Å². The average molecular weight is 227 g/mol. The van der Waals surface area contributed by atoms with E-state index >= 15 is 0 Å². The molecule has 1 aromatic carbocycles. The molecule has 0 bridgehead atoms. The molecule has 0 fully saturated rings. The highest BCUT2D eigenvalue weighted by Crippen LogP contribution is 2.28. The van der Waals surface area contributed by atoms with Crippen LogP contribution in [0, 0.1) is 5.82 Å². The number of rotatable bonds is 3. The van der Waals surface area contributed by atoms with Gasteiger partial charge in [0, 0.05) is 17.0 Å². The smallest absolute Gasteiger partial charge is 0.127 e. The Labute approximate surface area is 95.2 Å². The minimum absolute atomic E-state index is 0.144. The largest absolute Gasteiger partial charge is 0.326 e. The molecule has 0 saturated carbocycles. The molecule has 2 N–H and O–H groups in total. The van der Waals surface area contributed by atoms with Gasteiger partial charge in [0.05, 0.1) is 0 Å². The van der Waals surface area contributed by atoms with Crippen LogP contribution in [-0.4, -0.2) is 4.75 Å². The fourth-order valence-electron chi connectivity index (χ4n) is 1.13. The highest BCUT2D eigenvalue weighted by Gasteiger charge is 2.12. The molecular weight excluding hydrogens is 209 g/mol. The van der Waals surface area contributed by atoms with Gasteiger partial charge in [0.1, 0.15) is 5.82 Å². The normalized spacial score (nSPS) is 11.8. The number of nitrogens with two attached hydrogens (primary N) is 1. The molecule has 0 heterocycles. The van der Waals surface area contributed by atoms with Gasteiger partial charge in [0.15, 0.2) is 0 Å². The van der Waals surface area contributed by atoms with Crippen LogP contribution in [0.5, 0.6) is 0 Å². The zero-order valence-corrected chi connectivity index (χ0v) is 10.3. The Morgan fingerprint density at radius 2 is 2.00 bits per heavy atom. The van der Waals surface area contributed by atoms with Crippen molar-refractivity contribution in [3.63, 3.8) is 0 Å². The van der Waals surface area contributed by atoms with Gasteiger partial charge in [-0.2, -0.15) is 11.8 Å². The van der Waals surface area contributed by atoms with Crippen molar-refractivity contribution < 1.29 is 4.39 Å². The summed E-state index contributed by atoms with van der Waals surface area (Å²) in [4.78, 5) is 0. The molecule has 0 aromatic heterocycles. The van der Waals surface area contributed by atoms with Gasteiger partial charge in [-0.15, -0.1) is 0 Å². The first-order valence-corrected chi connectivity index (χ1v) is 6.02. The highest BCUT2D eigenvalue weighted by atomic mass is 32.2. The Hall–Kier alpha value is -0.540. The molecule has 0 aliphatic carbocycles. The van der Waals surface area contributed by atoms with Gasteiger partial charge in [0.2, 0.25) is 0 Å². The topological polar surface area (TPSA) is 26.0 Å². The number of hydrogen-bond donors (Lipinski definition) is 1. The minimum Gasteiger partial charge on any atom is -0.326 e. The minimum atomic E-state index is -0.144. The van der Waals surface area contributed by atoms with Gasteiger partial charge in [-0.25, -0.2) is 4.39 Å². The molecule has 0 unspecified atom stereocenters. The third-order valence-electron chi connectivity index (χ3n) is 2.01. The van der Waals surface area contributed by atoms with E-state index in [0.717, 1.165) is 11.1 Å². The summed E-state index contributed by atoms with van der Waals surface area (Å²) in [5.41, 5.74) is 7.04. The number of benzene rings is 1. The maximum absolute atomic E-state index is 13.5. The van der Waals surface area contributed by atoms with Crippen LogP contribution in [0.3, 0.4) is 0 Å². The fraction of sp³-hybridized carbons (Fsp3) is 0.500. The summed E-state index contributed by atoms with van der Waals surface area (Å²) >= 11 is 1.74. The Morgan fingerprint density at radius 3 is 2.47 bits per heavy atom. The highest BCUT2D eigenvalue weighted by molar-refractivity contribution is 7.99. The predicted octanol–water partition coefficient (Wildman–Crippen LogP) is 3.32. The Balaban J connectivity index is 2.70. The molecule has 1 rings (SSSR count). The van der Waals surface area contributed by atoms with E-state index < -0.39 is 0 Å². The Morgan fingerprint density at radius 1 is 1.33 bits per heavy atom. The summed E-state index contributed by atoms with van der Waals surface area (Å²) in [6.07, 6.45) is 0. The maximum Gasteiger partial charge on any atom is 0.127 e. The van der Waals surface area contributed by atoms with Crippen molar-refractivity contribution >= 4 is 11.8 Å². The first-order chi connectivity index (χ1) is 6.92. The van der Waals surface area contributed by atoms with E-state index in [9.17, 15) is 4.39 Å². The van der Waals surface area contributed by atoms with Gasteiger partial charge < -0.3 is 5.73 Å². The lowest BCUT2D eigenvalue weighted by molar-refractivity contribution is 0.614. The summed E-state index contributed by atoms with van der Waals surface area (Å²) in [6.45, 7) is 6.78. The molecule has 0 aliphatic rings. The monoisotopic (exact) mass is 227 g/mol. The zero-order valence-electron chi connectivity index (χ0n) is 9.51. The fourth-order valence-corrected chi connectivity index (χ4v) is 1.95. The number of hydrogen-bond acceptors (Lipinski definition) is 2. The second kappa shape index (κ2) is 4.99. The van der Waals surface area contributed by atoms with Crippen molar-refractivity contribution in [3.8, 4) is 0 Å². The summed E-state index contributed by atoms with van der Waals surface area (Å²) < 4.78 is 13.7. The molecule has 3 heteroatoms. The molecular formula is C12H18FNS. The third kappa shape index (κ3) is 4.22. The second-order valence-corrected chi connectivity index (χ2v) is 6.33. The SMILES string of the molecule is CC(C)(C)SCc1ccc(CN)cc1F. The van der Waals surface area contributed by atoms with Crippen LogP contribution in [0.2, 0.25) is 0 Å². The van der Waals surface area contributed by atoms with E-state index in [-0.39, 0.29) is 10.6 Å². The molecule has 1 aromatic rings. The third-order valence-corrected chi connectivity index (χ3v) is 3.34. The van der Waals surface area contributed by atoms with Crippen molar-refractivity contribution in [2.75, 3.05) is 0 Å². The van der Waals surface area contributed by atoms with Crippen LogP contribution in [-0.2, 0) is 12.3 Å². The molecule has 1 nitrogen and oxygen atoms in total. The van der Waals surface area contributed by atoms with Crippen LogP contribution < -0.4 is 5.73 Å². The van der Waals surface area contributed by atoms with E-state index in [1.165, 1.54) is 6.07 Å². The summed E-state index contributed by atoms with van der Waals surface area (Å²) in [5.74, 6) is 0.565. The number of thioether (sulfide) groups is 1. The molecule has 0 amide bonds. The van der Waals surface area contributed by atoms with Crippen LogP contribution in [0.1, 0.15) is 31.9 Å². The Kier molecular flexibility index (Phi) is 4.17. The summed E-state index contributed by atoms with van der Waals surface area (Å²) in [7, 11) is 0. The summed E-state index contributed by atoms with van der Waals surface area (Å²) in [6, 6.07) is 5.25. The van der Waals surface area contributed by atoms with Crippen LogP contribution in [0.15, 0.2) is 18.2 Å². The van der Waals surface area contributed by atoms with Gasteiger partial charge in [-0.05, 0) is 17.2 Å². The van der Waals surface area contributed by atoms with Gasteiger partial charge in [-0.1, -0.05) is 32.9 Å². The van der Waals surface area contributed by atoms with Crippen LogP contribution in [0.25, 0.3) is 0 Å². The molecule has 15 heavy (non-hydrogen) atoms. The van der Waals surface area contributed by atoms with Crippen LogP contribution in [0.4, 0.5) is 4.39 Å². The van der Waals surface area contributed by atoms with Gasteiger partial charge in [-0.3, -0.25) is 0 Å². The first-order valence-electron chi connectivity index (χ1n) is 5.04. The standard InChI is InChI=1S/C12H18FNS/c1-12(2,3)15-8-10-5-4-9(7-14)6-11(10)13/h4-6H,7-8,14H2,1-3H3. The van der Waals surface area contributed by atoms with E-state index in [2.05, 4.69) is 20.8 Å². The van der Waals surface area contributed by atoms with Crippen molar-refractivity contribution in [2.45, 2.75) is 37.8 Å². The molecule has 84 valence electrons. The maximum atomic E-state index is 13.5. The average Bonchev–Trinajstić information content (AvgIpc) is 2.14. The van der Waals surface area contributed by atoms with E-state index in [4.69, 9.17) is 5.73 Å². The van der Waals surface area contributed by atoms with Crippen LogP contribution >= 0.6 is 11.8 Å². The second-order valence-electron chi connectivity index (χ2n) is 4.53. The van der Waals surface area contributed by atoms with Crippen molar-refractivity contribution in [1.29, 1.82) is 0 Å². The number of halogens is 1. The first kappa shape index (κ1) is 12.5. The molecule has 0 saturated heterocycles. The molecule has 0 spiro atoms. The molecule has 0 radical (unpaired) electrons. The molecule has 0 aliphatic heterocycles. The van der Waals surface area contributed by atoms with Crippen molar-refractivity contribution in [3.05, 3.63) is 35.1 Å². The van der Waals surface area contributed by atoms with Gasteiger partial charge in [0.25, 0.3) is 0 Å². The van der Waals surface area contributed by atoms with Crippen molar-refractivity contribution in [2.24, 2.45) is 5.73 Å². The van der Waals surface area contributed by atoms with Gasteiger partial charge >= 0.3 is 0 Å². The predicted molar refractivity (Wildman–Crippen MR) is 65.3 cm³/mol. The van der Waals surface area contributed by atoms with E-state index in [1.54, 1.807) is 11.8 Å². The molecule has 0 atom stereocenters. The van der Waals surface area contributed by atoms with E-state index in [0.29, 0.717) is 12.3 Å². The lowest BCUT2D eigenvalue weighted by Gasteiger charge is -2.17. The quantitative estimate of drug-likeness (QED) is 0.857. The summed E-state index contributed by atoms with van der Waals surface area (Å²) in [5, 5.41) is 0. The lowest BCUT2D eigenvalue weighted by Crippen LogP contribution is -2.08. The Bertz CT molecular complexity index is 331. The van der Waals surface area contributed by atoms with E-state index in [1.807, 2.05) is 12.1 Å².